The third-order valence-electron chi connectivity index (χ3n) is 9.33. The van der Waals surface area contributed by atoms with Crippen molar-refractivity contribution in [2.45, 2.75) is 50.4 Å². The van der Waals surface area contributed by atoms with Gasteiger partial charge in [0.2, 0.25) is 0 Å². The van der Waals surface area contributed by atoms with Crippen LogP contribution in [-0.2, 0) is 4.79 Å². The number of amides is 1. The van der Waals surface area contributed by atoms with Gasteiger partial charge in [0.05, 0.1) is 36.7 Å². The topological polar surface area (TPSA) is 111 Å². The van der Waals surface area contributed by atoms with Crippen molar-refractivity contribution in [3.63, 3.8) is 0 Å². The summed E-state index contributed by atoms with van der Waals surface area (Å²) in [6.45, 7) is 1.95. The summed E-state index contributed by atoms with van der Waals surface area (Å²) in [5.74, 6) is -3.80. The van der Waals surface area contributed by atoms with Crippen molar-refractivity contribution in [2.24, 2.45) is 0 Å². The maximum absolute atomic E-state index is 15.9. The Morgan fingerprint density at radius 2 is 1.94 bits per heavy atom. The Balaban J connectivity index is 0.000000444. The number of ether oxygens (including phenoxy) is 1. The first kappa shape index (κ1) is 36.5. The fourth-order valence-corrected chi connectivity index (χ4v) is 6.88. The lowest BCUT2D eigenvalue weighted by atomic mass is 10.0. The van der Waals surface area contributed by atoms with E-state index in [1.807, 2.05) is 6.07 Å². The average Bonchev–Trinajstić information content (AvgIpc) is 3.73. The Labute approximate surface area is 295 Å². The number of piperazine rings is 1. The number of fused-ring (bicyclic) bond motifs is 2. The zero-order valence-electron chi connectivity index (χ0n) is 28.0. The van der Waals surface area contributed by atoms with Crippen molar-refractivity contribution in [1.82, 2.24) is 29.7 Å². The lowest BCUT2D eigenvalue weighted by molar-refractivity contribution is -0.131. The molecule has 52 heavy (non-hydrogen) atoms. The summed E-state index contributed by atoms with van der Waals surface area (Å²) in [5, 5.41) is 9.53. The molecule has 0 aliphatic carbocycles. The SMILES string of the molecule is COc1nc(N2CCN(C(=O)/C(F)=C/c3ccccn3)C(CC#N)C2)c2cnc(-c3cc(F)ccc3C(F)F)c(F)c2n1.FC1CC2CCCN2C1. The second-order valence-corrected chi connectivity index (χ2v) is 12.6. The molecule has 3 aromatic heterocycles. The molecule has 0 bridgehead atoms. The highest BCUT2D eigenvalue weighted by Crippen LogP contribution is 2.37. The van der Waals surface area contributed by atoms with Gasteiger partial charge in [-0.25, -0.2) is 26.3 Å². The van der Waals surface area contributed by atoms with Crippen LogP contribution in [0.15, 0.2) is 54.6 Å². The predicted molar refractivity (Wildman–Crippen MR) is 180 cm³/mol. The Hall–Kier alpha value is -5.30. The number of carbonyl (C=O) groups is 1. The van der Waals surface area contributed by atoms with Gasteiger partial charge in [0.15, 0.2) is 11.6 Å². The van der Waals surface area contributed by atoms with Crippen LogP contribution in [0, 0.1) is 23.0 Å². The zero-order valence-corrected chi connectivity index (χ0v) is 28.0. The molecule has 3 saturated heterocycles. The minimum absolute atomic E-state index is 0.00817. The van der Waals surface area contributed by atoms with Crippen molar-refractivity contribution in [3.8, 4) is 23.3 Å². The third kappa shape index (κ3) is 7.79. The van der Waals surface area contributed by atoms with E-state index in [1.54, 1.807) is 17.0 Å². The number of nitrogens with zero attached hydrogens (tertiary/aromatic N) is 8. The second-order valence-electron chi connectivity index (χ2n) is 12.6. The fraction of sp³-hybridized carbons (Fsp3) is 0.389. The quantitative estimate of drug-likeness (QED) is 0.157. The van der Waals surface area contributed by atoms with Crippen LogP contribution in [0.2, 0.25) is 0 Å². The van der Waals surface area contributed by atoms with E-state index in [0.717, 1.165) is 37.2 Å². The molecule has 3 atom stereocenters. The summed E-state index contributed by atoms with van der Waals surface area (Å²) in [5.41, 5.74) is -1.66. The molecule has 3 unspecified atom stereocenters. The van der Waals surface area contributed by atoms with E-state index in [-0.39, 0.29) is 54.5 Å². The largest absolute Gasteiger partial charge is 0.467 e. The van der Waals surface area contributed by atoms with E-state index in [1.165, 1.54) is 43.3 Å². The molecule has 6 heterocycles. The van der Waals surface area contributed by atoms with Crippen LogP contribution in [0.3, 0.4) is 0 Å². The summed E-state index contributed by atoms with van der Waals surface area (Å²) in [6, 6.07) is 8.87. The van der Waals surface area contributed by atoms with Gasteiger partial charge >= 0.3 is 6.01 Å². The lowest BCUT2D eigenvalue weighted by Crippen LogP contribution is -2.55. The minimum atomic E-state index is -3.03. The number of hydrogen-bond acceptors (Lipinski definition) is 9. The Kier molecular flexibility index (Phi) is 11.2. The number of alkyl halides is 3. The van der Waals surface area contributed by atoms with Gasteiger partial charge in [0, 0.05) is 61.8 Å². The van der Waals surface area contributed by atoms with Gasteiger partial charge in [-0.3, -0.25) is 19.7 Å². The van der Waals surface area contributed by atoms with Gasteiger partial charge in [-0.2, -0.15) is 15.2 Å². The summed E-state index contributed by atoms with van der Waals surface area (Å²) >= 11 is 0. The summed E-state index contributed by atoms with van der Waals surface area (Å²) < 4.78 is 89.9. The van der Waals surface area contributed by atoms with E-state index in [0.29, 0.717) is 12.6 Å². The molecule has 4 aromatic rings. The number of rotatable bonds is 7. The average molecular weight is 725 g/mol. The molecule has 1 aromatic carbocycles. The lowest BCUT2D eigenvalue weighted by Gasteiger charge is -2.41. The maximum atomic E-state index is 15.9. The number of carbonyl (C=O) groups excluding carboxylic acids is 1. The number of nitriles is 1. The minimum Gasteiger partial charge on any atom is -0.467 e. The van der Waals surface area contributed by atoms with Gasteiger partial charge in [0.1, 0.15) is 29.0 Å². The molecule has 7 rings (SSSR count). The first-order chi connectivity index (χ1) is 25.1. The number of benzene rings is 1. The summed E-state index contributed by atoms with van der Waals surface area (Å²) in [6.07, 6.45) is 3.28. The number of pyridine rings is 2. The molecule has 16 heteroatoms. The number of hydrogen-bond donors (Lipinski definition) is 0. The standard InChI is InChI=1S/C29H22F5N7O2.C7H12FN/c1-43-29-38-25-21(14-37-24(23(25)32)20-12-16(30)5-6-19(20)26(33)34)27(39-29)40-10-11-41(18(15-40)7-8-35)28(42)22(31)13-17-4-2-3-9-36-17;8-6-4-7-2-1-3-9(7)5-6/h2-6,9,12-14,18,26H,7,10-11,15H2,1H3;6-7H,1-5H2/b22-13-;. The van der Waals surface area contributed by atoms with Gasteiger partial charge in [-0.05, 0) is 56.1 Å². The van der Waals surface area contributed by atoms with Crippen LogP contribution < -0.4 is 9.64 Å². The zero-order chi connectivity index (χ0) is 36.9. The number of halogens is 6. The smallest absolute Gasteiger partial charge is 0.318 e. The molecule has 0 saturated carbocycles. The fourth-order valence-electron chi connectivity index (χ4n) is 6.88. The highest BCUT2D eigenvalue weighted by molar-refractivity contribution is 5.96. The Morgan fingerprint density at radius 1 is 1.12 bits per heavy atom. The van der Waals surface area contributed by atoms with Crippen LogP contribution in [0.4, 0.5) is 32.2 Å². The Bertz CT molecular complexity index is 1980. The van der Waals surface area contributed by atoms with Crippen molar-refractivity contribution in [1.29, 1.82) is 5.26 Å². The maximum Gasteiger partial charge on any atom is 0.318 e. The molecule has 3 fully saturated rings. The molecule has 0 spiro atoms. The van der Waals surface area contributed by atoms with Gasteiger partial charge < -0.3 is 14.5 Å². The molecule has 3 aliphatic rings. The molecule has 10 nitrogen and oxygen atoms in total. The normalized spacial score (nSPS) is 20.4. The predicted octanol–water partition coefficient (Wildman–Crippen LogP) is 6.45. The molecule has 272 valence electrons. The van der Waals surface area contributed by atoms with Crippen LogP contribution in [-0.4, -0.2) is 93.7 Å². The molecular formula is C36H34F6N8O2. The van der Waals surface area contributed by atoms with E-state index in [4.69, 9.17) is 4.74 Å². The van der Waals surface area contributed by atoms with Crippen LogP contribution >= 0.6 is 0 Å². The van der Waals surface area contributed by atoms with Crippen molar-refractivity contribution in [3.05, 3.63) is 77.5 Å². The monoisotopic (exact) mass is 724 g/mol. The van der Waals surface area contributed by atoms with Gasteiger partial charge in [-0.15, -0.1) is 0 Å². The second kappa shape index (κ2) is 15.9. The molecule has 0 N–H and O–H groups in total. The third-order valence-corrected chi connectivity index (χ3v) is 9.33. The van der Waals surface area contributed by atoms with Crippen LogP contribution in [0.5, 0.6) is 6.01 Å². The number of aromatic nitrogens is 4. The number of anilines is 1. The summed E-state index contributed by atoms with van der Waals surface area (Å²) in [7, 11) is 1.25. The van der Waals surface area contributed by atoms with E-state index in [9.17, 15) is 32.0 Å². The molecule has 1 amide bonds. The van der Waals surface area contributed by atoms with Crippen molar-refractivity contribution < 1.29 is 35.9 Å². The molecule has 0 radical (unpaired) electrons. The number of methoxy groups -OCH3 is 1. The Morgan fingerprint density at radius 3 is 2.65 bits per heavy atom. The van der Waals surface area contributed by atoms with Gasteiger partial charge in [-0.1, -0.05) is 6.07 Å². The van der Waals surface area contributed by atoms with E-state index in [2.05, 4.69) is 24.8 Å². The van der Waals surface area contributed by atoms with Crippen LogP contribution in [0.1, 0.15) is 43.4 Å². The van der Waals surface area contributed by atoms with Crippen LogP contribution in [0.25, 0.3) is 28.2 Å². The highest BCUT2D eigenvalue weighted by atomic mass is 19.3. The first-order valence-corrected chi connectivity index (χ1v) is 16.6. The van der Waals surface area contributed by atoms with E-state index < -0.39 is 58.8 Å². The highest BCUT2D eigenvalue weighted by Gasteiger charge is 2.36. The van der Waals surface area contributed by atoms with Gasteiger partial charge in [0.25, 0.3) is 12.3 Å². The van der Waals surface area contributed by atoms with Crippen molar-refractivity contribution in [2.75, 3.05) is 44.7 Å². The van der Waals surface area contributed by atoms with E-state index >= 15 is 4.39 Å². The molecule has 3 aliphatic heterocycles. The first-order valence-electron chi connectivity index (χ1n) is 16.6. The summed E-state index contributed by atoms with van der Waals surface area (Å²) in [4.78, 5) is 34.6. The molecular weight excluding hydrogens is 690 g/mol. The van der Waals surface area contributed by atoms with Crippen molar-refractivity contribution >= 4 is 28.7 Å².